The third kappa shape index (κ3) is 3.82. The second-order valence-corrected chi connectivity index (χ2v) is 5.40. The summed E-state index contributed by atoms with van der Waals surface area (Å²) in [7, 11) is 4.02. The molecule has 0 aliphatic rings. The van der Waals surface area contributed by atoms with Crippen LogP contribution in [0.2, 0.25) is 0 Å². The van der Waals surface area contributed by atoms with E-state index in [1.807, 2.05) is 38.4 Å². The van der Waals surface area contributed by atoms with Crippen LogP contribution in [-0.4, -0.2) is 20.6 Å². The molecule has 1 atom stereocenters. The smallest absolute Gasteiger partial charge is 0.128 e. The lowest BCUT2D eigenvalue weighted by molar-refractivity contribution is 0.547. The third-order valence-electron chi connectivity index (χ3n) is 3.53. The van der Waals surface area contributed by atoms with E-state index < -0.39 is 0 Å². The molecule has 0 saturated heterocycles. The zero-order valence-electron chi connectivity index (χ0n) is 12.9. The zero-order chi connectivity index (χ0) is 15.2. The number of rotatable bonds is 6. The first kappa shape index (κ1) is 15.5. The topological polar surface area (TPSA) is 15.3 Å². The molecule has 1 N–H and O–H groups in total. The Morgan fingerprint density at radius 1 is 1.10 bits per heavy atom. The van der Waals surface area contributed by atoms with Crippen molar-refractivity contribution in [2.75, 3.05) is 25.5 Å². The lowest BCUT2D eigenvalue weighted by Gasteiger charge is -2.22. The number of nitrogens with one attached hydrogen (secondary N) is 1. The van der Waals surface area contributed by atoms with Crippen LogP contribution in [0.5, 0.6) is 0 Å². The first-order chi connectivity index (χ1) is 10.1. The molecule has 0 aromatic heterocycles. The van der Waals surface area contributed by atoms with Crippen molar-refractivity contribution < 1.29 is 4.39 Å². The lowest BCUT2D eigenvalue weighted by atomic mass is 9.97. The van der Waals surface area contributed by atoms with Gasteiger partial charge in [-0.3, -0.25) is 0 Å². The monoisotopic (exact) mass is 286 g/mol. The van der Waals surface area contributed by atoms with E-state index in [-0.39, 0.29) is 11.9 Å². The lowest BCUT2D eigenvalue weighted by Crippen LogP contribution is -2.24. The van der Waals surface area contributed by atoms with Crippen molar-refractivity contribution >= 4 is 5.69 Å². The molecular formula is C18H23FN2. The Balaban J connectivity index is 2.40. The molecule has 112 valence electrons. The van der Waals surface area contributed by atoms with Crippen molar-refractivity contribution in [3.05, 3.63) is 65.5 Å². The normalized spacial score (nSPS) is 12.2. The van der Waals surface area contributed by atoms with Crippen molar-refractivity contribution in [2.24, 2.45) is 0 Å². The third-order valence-corrected chi connectivity index (χ3v) is 3.53. The summed E-state index contributed by atoms with van der Waals surface area (Å²) in [4.78, 5) is 2.06. The Morgan fingerprint density at radius 3 is 2.52 bits per heavy atom. The van der Waals surface area contributed by atoms with Gasteiger partial charge >= 0.3 is 0 Å². The number of halogens is 1. The van der Waals surface area contributed by atoms with Gasteiger partial charge in [-0.2, -0.15) is 0 Å². The summed E-state index contributed by atoms with van der Waals surface area (Å²) in [6.07, 6.45) is 1.01. The van der Waals surface area contributed by atoms with Crippen molar-refractivity contribution in [3.63, 3.8) is 0 Å². The van der Waals surface area contributed by atoms with Crippen LogP contribution in [0, 0.1) is 5.82 Å². The molecule has 21 heavy (non-hydrogen) atoms. The van der Waals surface area contributed by atoms with E-state index in [2.05, 4.69) is 29.3 Å². The molecular weight excluding hydrogens is 263 g/mol. The molecule has 0 bridgehead atoms. The van der Waals surface area contributed by atoms with Crippen LogP contribution < -0.4 is 10.2 Å². The number of nitrogens with zero attached hydrogens (tertiary/aromatic N) is 1. The quantitative estimate of drug-likeness (QED) is 0.864. The average molecular weight is 286 g/mol. The maximum atomic E-state index is 14.2. The minimum atomic E-state index is -0.165. The highest BCUT2D eigenvalue weighted by atomic mass is 19.1. The summed E-state index contributed by atoms with van der Waals surface area (Å²) in [5.41, 5.74) is 2.90. The first-order valence-electron chi connectivity index (χ1n) is 7.38. The van der Waals surface area contributed by atoms with Crippen LogP contribution in [-0.2, 0) is 0 Å². The van der Waals surface area contributed by atoms with Gasteiger partial charge in [-0.1, -0.05) is 37.3 Å². The van der Waals surface area contributed by atoms with Gasteiger partial charge < -0.3 is 10.2 Å². The van der Waals surface area contributed by atoms with Crippen LogP contribution in [0.3, 0.4) is 0 Å². The molecule has 0 amide bonds. The Kier molecular flexibility index (Phi) is 5.34. The van der Waals surface area contributed by atoms with Crippen LogP contribution in [0.4, 0.5) is 10.1 Å². The first-order valence-corrected chi connectivity index (χ1v) is 7.38. The van der Waals surface area contributed by atoms with Gasteiger partial charge in [-0.15, -0.1) is 0 Å². The highest BCUT2D eigenvalue weighted by molar-refractivity contribution is 5.49. The molecule has 0 spiro atoms. The van der Waals surface area contributed by atoms with Crippen LogP contribution in [0.15, 0.2) is 48.5 Å². The largest absolute Gasteiger partial charge is 0.378 e. The predicted octanol–water partition coefficient (Wildman–Crippen LogP) is 3.98. The highest BCUT2D eigenvalue weighted by Crippen LogP contribution is 2.27. The van der Waals surface area contributed by atoms with E-state index in [9.17, 15) is 4.39 Å². The summed E-state index contributed by atoms with van der Waals surface area (Å²) in [6.45, 7) is 2.97. The maximum Gasteiger partial charge on any atom is 0.128 e. The molecule has 0 fully saturated rings. The van der Waals surface area contributed by atoms with Gasteiger partial charge in [0.15, 0.2) is 0 Å². The molecule has 0 radical (unpaired) electrons. The van der Waals surface area contributed by atoms with Crippen molar-refractivity contribution in [3.8, 4) is 0 Å². The second-order valence-electron chi connectivity index (χ2n) is 5.40. The van der Waals surface area contributed by atoms with Gasteiger partial charge in [0.2, 0.25) is 0 Å². The maximum absolute atomic E-state index is 14.2. The van der Waals surface area contributed by atoms with E-state index >= 15 is 0 Å². The van der Waals surface area contributed by atoms with E-state index in [0.29, 0.717) is 5.56 Å². The second kappa shape index (κ2) is 7.23. The SMILES string of the molecule is CCCNC(c1cccc(N(C)C)c1)c1ccccc1F. The predicted molar refractivity (Wildman–Crippen MR) is 87.3 cm³/mol. The van der Waals surface area contributed by atoms with E-state index in [0.717, 1.165) is 24.2 Å². The summed E-state index contributed by atoms with van der Waals surface area (Å²) >= 11 is 0. The van der Waals surface area contributed by atoms with Gasteiger partial charge in [-0.05, 0) is 36.7 Å². The molecule has 2 aromatic carbocycles. The number of benzene rings is 2. The molecule has 2 nitrogen and oxygen atoms in total. The van der Waals surface area contributed by atoms with Crippen molar-refractivity contribution in [2.45, 2.75) is 19.4 Å². The highest BCUT2D eigenvalue weighted by Gasteiger charge is 2.17. The number of hydrogen-bond acceptors (Lipinski definition) is 2. The van der Waals surface area contributed by atoms with E-state index in [1.54, 1.807) is 6.07 Å². The van der Waals surface area contributed by atoms with Crippen LogP contribution in [0.25, 0.3) is 0 Å². The van der Waals surface area contributed by atoms with Crippen molar-refractivity contribution in [1.29, 1.82) is 0 Å². The average Bonchev–Trinajstić information content (AvgIpc) is 2.49. The molecule has 2 rings (SSSR count). The van der Waals surface area contributed by atoms with Gasteiger partial charge in [0.05, 0.1) is 6.04 Å². The summed E-state index contributed by atoms with van der Waals surface area (Å²) in [5, 5.41) is 3.45. The Labute approximate surface area is 126 Å². The van der Waals surface area contributed by atoms with Crippen LogP contribution in [0.1, 0.15) is 30.5 Å². The summed E-state index contributed by atoms with van der Waals surface area (Å²) in [6, 6.07) is 15.1. The summed E-state index contributed by atoms with van der Waals surface area (Å²) < 4.78 is 14.2. The molecule has 2 aromatic rings. The van der Waals surface area contributed by atoms with Gasteiger partial charge in [0.25, 0.3) is 0 Å². The minimum absolute atomic E-state index is 0.119. The molecule has 0 aliphatic carbocycles. The molecule has 3 heteroatoms. The Bertz CT molecular complexity index is 581. The fraction of sp³-hybridized carbons (Fsp3) is 0.333. The Morgan fingerprint density at radius 2 is 1.86 bits per heavy atom. The fourth-order valence-corrected chi connectivity index (χ4v) is 2.39. The molecule has 0 saturated carbocycles. The molecule has 0 heterocycles. The van der Waals surface area contributed by atoms with E-state index in [1.165, 1.54) is 6.07 Å². The summed E-state index contributed by atoms with van der Waals surface area (Å²) in [5.74, 6) is -0.165. The van der Waals surface area contributed by atoms with Crippen molar-refractivity contribution in [1.82, 2.24) is 5.32 Å². The standard InChI is InChI=1S/C18H23FN2/c1-4-12-20-18(16-10-5-6-11-17(16)19)14-8-7-9-15(13-14)21(2)3/h5-11,13,18,20H,4,12H2,1-3H3. The molecule has 0 aliphatic heterocycles. The van der Waals surface area contributed by atoms with Gasteiger partial charge in [0, 0.05) is 25.3 Å². The fourth-order valence-electron chi connectivity index (χ4n) is 2.39. The van der Waals surface area contributed by atoms with Gasteiger partial charge in [-0.25, -0.2) is 4.39 Å². The number of hydrogen-bond donors (Lipinski definition) is 1. The van der Waals surface area contributed by atoms with E-state index in [4.69, 9.17) is 0 Å². The number of anilines is 1. The Hall–Kier alpha value is -1.87. The minimum Gasteiger partial charge on any atom is -0.378 e. The molecule has 1 unspecified atom stereocenters. The zero-order valence-corrected chi connectivity index (χ0v) is 12.9. The van der Waals surface area contributed by atoms with Gasteiger partial charge in [0.1, 0.15) is 5.82 Å². The van der Waals surface area contributed by atoms with Crippen LogP contribution >= 0.6 is 0 Å².